The van der Waals surface area contributed by atoms with Crippen LogP contribution in [0, 0.1) is 11.8 Å². The molecule has 1 unspecified atom stereocenters. The molecular formula is C20H27NO2. The molecule has 1 atom stereocenters. The summed E-state index contributed by atoms with van der Waals surface area (Å²) in [4.78, 5) is 4.61. The third-order valence-electron chi connectivity index (χ3n) is 4.36. The van der Waals surface area contributed by atoms with E-state index in [0.29, 0.717) is 6.61 Å². The molecule has 2 N–H and O–H groups in total. The Morgan fingerprint density at radius 2 is 1.35 bits per heavy atom. The smallest absolute Gasteiger partial charge is 0.127 e. The van der Waals surface area contributed by atoms with Crippen LogP contribution in [0.5, 0.6) is 11.5 Å². The number of hydrogen-bond donors (Lipinski definition) is 1. The van der Waals surface area contributed by atoms with Crippen molar-refractivity contribution in [1.82, 2.24) is 0 Å². The topological polar surface area (TPSA) is 44.5 Å². The SMILES string of the molecule is CC(C)C(C)CCc1ccc(Oc2ccc(CON)cc2)cc1. The highest BCUT2D eigenvalue weighted by molar-refractivity contribution is 5.34. The fourth-order valence-electron chi connectivity index (χ4n) is 2.34. The molecule has 0 saturated heterocycles. The molecule has 2 aromatic rings. The van der Waals surface area contributed by atoms with Crippen LogP contribution in [-0.2, 0) is 17.9 Å². The highest BCUT2D eigenvalue weighted by atomic mass is 16.6. The zero-order chi connectivity index (χ0) is 16.7. The first-order valence-corrected chi connectivity index (χ1v) is 8.26. The van der Waals surface area contributed by atoms with Crippen LogP contribution in [0.4, 0.5) is 0 Å². The van der Waals surface area contributed by atoms with E-state index in [1.54, 1.807) is 0 Å². The fourth-order valence-corrected chi connectivity index (χ4v) is 2.34. The van der Waals surface area contributed by atoms with Crippen molar-refractivity contribution in [3.63, 3.8) is 0 Å². The molecule has 0 bridgehead atoms. The maximum absolute atomic E-state index is 5.86. The molecule has 23 heavy (non-hydrogen) atoms. The summed E-state index contributed by atoms with van der Waals surface area (Å²) in [5.74, 6) is 8.22. The van der Waals surface area contributed by atoms with Crippen molar-refractivity contribution < 1.29 is 9.57 Å². The Bertz CT molecular complexity index is 576. The number of aryl methyl sites for hydroxylation is 1. The third kappa shape index (κ3) is 5.70. The maximum atomic E-state index is 5.86. The predicted molar refractivity (Wildman–Crippen MR) is 94.3 cm³/mol. The van der Waals surface area contributed by atoms with Crippen molar-refractivity contribution in [2.75, 3.05) is 0 Å². The molecule has 0 fully saturated rings. The minimum atomic E-state index is 0.407. The van der Waals surface area contributed by atoms with E-state index < -0.39 is 0 Å². The van der Waals surface area contributed by atoms with Crippen LogP contribution in [0.15, 0.2) is 48.5 Å². The standard InChI is InChI=1S/C20H27NO2/c1-15(2)16(3)4-5-17-6-10-19(11-7-17)23-20-12-8-18(9-13-20)14-22-21/h6-13,15-16H,4-5,14,21H2,1-3H3. The first kappa shape index (κ1) is 17.5. The number of rotatable bonds is 8. The number of hydrogen-bond acceptors (Lipinski definition) is 3. The molecule has 3 nitrogen and oxygen atoms in total. The summed E-state index contributed by atoms with van der Waals surface area (Å²) in [6, 6.07) is 16.1. The molecule has 0 aromatic heterocycles. The lowest BCUT2D eigenvalue weighted by Crippen LogP contribution is -2.05. The van der Waals surface area contributed by atoms with Gasteiger partial charge in [0.05, 0.1) is 6.61 Å². The highest BCUT2D eigenvalue weighted by Crippen LogP contribution is 2.23. The van der Waals surface area contributed by atoms with Crippen LogP contribution in [0.2, 0.25) is 0 Å². The number of ether oxygens (including phenoxy) is 1. The molecule has 0 amide bonds. The minimum absolute atomic E-state index is 0.407. The lowest BCUT2D eigenvalue weighted by molar-refractivity contribution is 0.124. The Labute approximate surface area is 139 Å². The van der Waals surface area contributed by atoms with Gasteiger partial charge in [0.25, 0.3) is 0 Å². The van der Waals surface area contributed by atoms with Crippen LogP contribution in [0.1, 0.15) is 38.3 Å². The Kier molecular flexibility index (Phi) is 6.63. The zero-order valence-corrected chi connectivity index (χ0v) is 14.3. The largest absolute Gasteiger partial charge is 0.457 e. The summed E-state index contributed by atoms with van der Waals surface area (Å²) >= 11 is 0. The van der Waals surface area contributed by atoms with Crippen LogP contribution < -0.4 is 10.6 Å². The van der Waals surface area contributed by atoms with Gasteiger partial charge in [0.2, 0.25) is 0 Å². The minimum Gasteiger partial charge on any atom is -0.457 e. The quantitative estimate of drug-likeness (QED) is 0.690. The average molecular weight is 313 g/mol. The molecule has 0 saturated carbocycles. The van der Waals surface area contributed by atoms with E-state index in [9.17, 15) is 0 Å². The van der Waals surface area contributed by atoms with Gasteiger partial charge in [-0.3, -0.25) is 4.84 Å². The van der Waals surface area contributed by atoms with Crippen LogP contribution in [0.25, 0.3) is 0 Å². The van der Waals surface area contributed by atoms with E-state index in [-0.39, 0.29) is 0 Å². The van der Waals surface area contributed by atoms with E-state index >= 15 is 0 Å². The monoisotopic (exact) mass is 313 g/mol. The van der Waals surface area contributed by atoms with E-state index in [1.807, 2.05) is 36.4 Å². The molecule has 0 aliphatic rings. The third-order valence-corrected chi connectivity index (χ3v) is 4.36. The van der Waals surface area contributed by atoms with Crippen molar-refractivity contribution in [1.29, 1.82) is 0 Å². The van der Waals surface area contributed by atoms with Gasteiger partial charge in [0, 0.05) is 0 Å². The van der Waals surface area contributed by atoms with E-state index in [4.69, 9.17) is 10.6 Å². The molecule has 0 aliphatic heterocycles. The Balaban J connectivity index is 1.89. The lowest BCUT2D eigenvalue weighted by atomic mass is 9.91. The lowest BCUT2D eigenvalue weighted by Gasteiger charge is -2.15. The normalized spacial score (nSPS) is 12.4. The summed E-state index contributed by atoms with van der Waals surface area (Å²) < 4.78 is 5.86. The summed E-state index contributed by atoms with van der Waals surface area (Å²) in [5.41, 5.74) is 2.38. The van der Waals surface area contributed by atoms with Gasteiger partial charge in [-0.25, -0.2) is 5.90 Å². The van der Waals surface area contributed by atoms with Gasteiger partial charge in [0.15, 0.2) is 0 Å². The summed E-state index contributed by atoms with van der Waals surface area (Å²) in [7, 11) is 0. The van der Waals surface area contributed by atoms with Crippen molar-refractivity contribution in [2.45, 2.75) is 40.2 Å². The molecule has 3 heteroatoms. The van der Waals surface area contributed by atoms with Gasteiger partial charge in [-0.15, -0.1) is 0 Å². The summed E-state index contributed by atoms with van der Waals surface area (Å²) in [6.07, 6.45) is 2.34. The first-order valence-electron chi connectivity index (χ1n) is 8.26. The first-order chi connectivity index (χ1) is 11.1. The number of nitrogens with two attached hydrogens (primary N) is 1. The van der Waals surface area contributed by atoms with Crippen LogP contribution in [0.3, 0.4) is 0 Å². The summed E-state index contributed by atoms with van der Waals surface area (Å²) in [6.45, 7) is 7.30. The van der Waals surface area contributed by atoms with Crippen molar-refractivity contribution >= 4 is 0 Å². The molecule has 0 radical (unpaired) electrons. The van der Waals surface area contributed by atoms with Crippen LogP contribution >= 0.6 is 0 Å². The Morgan fingerprint density at radius 3 is 1.83 bits per heavy atom. The average Bonchev–Trinajstić information content (AvgIpc) is 2.56. The van der Waals surface area contributed by atoms with E-state index in [1.165, 1.54) is 12.0 Å². The molecular weight excluding hydrogens is 286 g/mol. The second kappa shape index (κ2) is 8.70. The highest BCUT2D eigenvalue weighted by Gasteiger charge is 2.07. The summed E-state index contributed by atoms with van der Waals surface area (Å²) in [5, 5.41) is 0. The number of benzene rings is 2. The molecule has 0 heterocycles. The Morgan fingerprint density at radius 1 is 0.826 bits per heavy atom. The molecule has 0 spiro atoms. The fraction of sp³-hybridized carbons (Fsp3) is 0.400. The Hall–Kier alpha value is -1.84. The zero-order valence-electron chi connectivity index (χ0n) is 14.3. The predicted octanol–water partition coefficient (Wildman–Crippen LogP) is 5.09. The van der Waals surface area contributed by atoms with Crippen molar-refractivity contribution in [2.24, 2.45) is 17.7 Å². The molecule has 0 aliphatic carbocycles. The van der Waals surface area contributed by atoms with Gasteiger partial charge in [-0.05, 0) is 60.1 Å². The van der Waals surface area contributed by atoms with Gasteiger partial charge in [-0.2, -0.15) is 0 Å². The van der Waals surface area contributed by atoms with Gasteiger partial charge in [-0.1, -0.05) is 45.0 Å². The van der Waals surface area contributed by atoms with Crippen LogP contribution in [-0.4, -0.2) is 0 Å². The van der Waals surface area contributed by atoms with E-state index in [2.05, 4.69) is 37.7 Å². The second-order valence-corrected chi connectivity index (χ2v) is 6.46. The van der Waals surface area contributed by atoms with Gasteiger partial charge in [0.1, 0.15) is 11.5 Å². The van der Waals surface area contributed by atoms with E-state index in [0.717, 1.165) is 35.3 Å². The van der Waals surface area contributed by atoms with Crippen molar-refractivity contribution in [3.05, 3.63) is 59.7 Å². The van der Waals surface area contributed by atoms with Gasteiger partial charge < -0.3 is 4.74 Å². The maximum Gasteiger partial charge on any atom is 0.127 e. The molecule has 124 valence electrons. The molecule has 2 aromatic carbocycles. The van der Waals surface area contributed by atoms with Crippen molar-refractivity contribution in [3.8, 4) is 11.5 Å². The molecule has 2 rings (SSSR count). The second-order valence-electron chi connectivity index (χ2n) is 6.46. The van der Waals surface area contributed by atoms with Gasteiger partial charge >= 0.3 is 0 Å².